The highest BCUT2D eigenvalue weighted by atomic mass is 19.4. The fourth-order valence-electron chi connectivity index (χ4n) is 2.48. The Kier molecular flexibility index (Phi) is 12.6. The summed E-state index contributed by atoms with van der Waals surface area (Å²) in [6.07, 6.45) is 5.29. The van der Waals surface area contributed by atoms with E-state index in [2.05, 4.69) is 18.6 Å². The molecule has 0 amide bonds. The van der Waals surface area contributed by atoms with Crippen molar-refractivity contribution >= 4 is 5.78 Å². The Morgan fingerprint density at radius 1 is 0.955 bits per heavy atom. The zero-order valence-electron chi connectivity index (χ0n) is 14.0. The number of unbranched alkanes of at least 4 members (excludes halogenated alkanes) is 5. The van der Waals surface area contributed by atoms with Crippen LogP contribution in [0.5, 0.6) is 0 Å². The van der Waals surface area contributed by atoms with Crippen molar-refractivity contribution in [1.82, 2.24) is 0 Å². The van der Waals surface area contributed by atoms with Gasteiger partial charge < -0.3 is 4.74 Å². The summed E-state index contributed by atoms with van der Waals surface area (Å²) >= 11 is 0. The van der Waals surface area contributed by atoms with E-state index in [4.69, 9.17) is 0 Å². The highest BCUT2D eigenvalue weighted by molar-refractivity contribution is 5.81. The molecule has 0 radical (unpaired) electrons. The smallest absolute Gasteiger partial charge is 0.372 e. The largest absolute Gasteiger partial charge is 0.411 e. The number of carbonyl (C=O) groups excluding carboxylic acids is 1. The van der Waals surface area contributed by atoms with Gasteiger partial charge >= 0.3 is 6.18 Å². The van der Waals surface area contributed by atoms with E-state index in [-0.39, 0.29) is 24.7 Å². The number of hydrogen-bond acceptors (Lipinski definition) is 2. The number of ketones is 1. The number of carbonyl (C=O) groups is 1. The van der Waals surface area contributed by atoms with Crippen LogP contribution < -0.4 is 0 Å². The van der Waals surface area contributed by atoms with Gasteiger partial charge in [-0.1, -0.05) is 58.8 Å². The highest BCUT2D eigenvalue weighted by Gasteiger charge is 2.27. The van der Waals surface area contributed by atoms with Crippen LogP contribution in [0.25, 0.3) is 0 Å². The maximum absolute atomic E-state index is 12.1. The normalized spacial score (nSPS) is 13.3. The molecule has 0 spiro atoms. The lowest BCUT2D eigenvalue weighted by Gasteiger charge is -2.16. The van der Waals surface area contributed by atoms with E-state index in [0.717, 1.165) is 38.5 Å². The molecule has 0 N–H and O–H groups in total. The van der Waals surface area contributed by atoms with E-state index in [1.807, 2.05) is 0 Å². The first-order valence-corrected chi connectivity index (χ1v) is 8.57. The fraction of sp³-hybridized carbons (Fsp3) is 0.941. The van der Waals surface area contributed by atoms with Crippen LogP contribution in [-0.2, 0) is 9.53 Å². The minimum Gasteiger partial charge on any atom is -0.372 e. The lowest BCUT2D eigenvalue weighted by molar-refractivity contribution is -0.174. The molecule has 0 fully saturated rings. The third kappa shape index (κ3) is 13.1. The van der Waals surface area contributed by atoms with E-state index in [9.17, 15) is 18.0 Å². The number of alkyl halides is 3. The zero-order valence-corrected chi connectivity index (χ0v) is 14.0. The van der Waals surface area contributed by atoms with Crippen molar-refractivity contribution < 1.29 is 22.7 Å². The second kappa shape index (κ2) is 12.9. The third-order valence-corrected chi connectivity index (χ3v) is 3.78. The Hall–Kier alpha value is -0.580. The van der Waals surface area contributed by atoms with Gasteiger partial charge in [-0.05, 0) is 12.8 Å². The predicted octanol–water partition coefficient (Wildman–Crippen LogP) is 5.69. The molecule has 0 saturated heterocycles. The second-order valence-corrected chi connectivity index (χ2v) is 5.93. The van der Waals surface area contributed by atoms with Crippen LogP contribution in [-0.4, -0.2) is 25.2 Å². The first-order valence-electron chi connectivity index (χ1n) is 8.57. The van der Waals surface area contributed by atoms with E-state index in [1.165, 1.54) is 19.3 Å². The van der Waals surface area contributed by atoms with Crippen molar-refractivity contribution in [3.8, 4) is 0 Å². The Morgan fingerprint density at radius 3 is 2.14 bits per heavy atom. The molecular formula is C17H31F3O2. The van der Waals surface area contributed by atoms with Crippen LogP contribution in [0, 0.1) is 5.92 Å². The summed E-state index contributed by atoms with van der Waals surface area (Å²) in [5, 5.41) is 0. The van der Waals surface area contributed by atoms with Gasteiger partial charge in [-0.2, -0.15) is 13.2 Å². The molecule has 2 nitrogen and oxygen atoms in total. The molecule has 132 valence electrons. The first kappa shape index (κ1) is 21.4. The van der Waals surface area contributed by atoms with Gasteiger partial charge in [0, 0.05) is 12.3 Å². The summed E-state index contributed by atoms with van der Waals surface area (Å²) in [5.74, 6) is 0.0576. The summed E-state index contributed by atoms with van der Waals surface area (Å²) < 4.78 is 40.4. The summed E-state index contributed by atoms with van der Waals surface area (Å²) in [7, 11) is 0. The Morgan fingerprint density at radius 2 is 1.55 bits per heavy atom. The number of Topliss-reactive ketones (excluding diaryl/α,β-unsaturated/α-hetero) is 1. The molecule has 0 aromatic carbocycles. The molecule has 0 heterocycles. The van der Waals surface area contributed by atoms with E-state index >= 15 is 0 Å². The molecule has 1 unspecified atom stereocenters. The van der Waals surface area contributed by atoms with Crippen molar-refractivity contribution in [1.29, 1.82) is 0 Å². The molecule has 5 heteroatoms. The van der Waals surface area contributed by atoms with Crippen LogP contribution in [0.2, 0.25) is 0 Å². The van der Waals surface area contributed by atoms with Gasteiger partial charge in [0.2, 0.25) is 0 Å². The quantitative estimate of drug-likeness (QED) is 0.384. The van der Waals surface area contributed by atoms with Gasteiger partial charge in [0.05, 0.1) is 6.61 Å². The standard InChI is InChI=1S/C17H31F3O2/c1-3-5-7-8-9-11-15(10-6-4-2)16(21)12-13-22-14-17(18,19)20/h15H,3-14H2,1-2H3. The molecule has 0 aromatic heterocycles. The Balaban J connectivity index is 3.99. The zero-order chi connectivity index (χ0) is 16.8. The maximum Gasteiger partial charge on any atom is 0.411 e. The lowest BCUT2D eigenvalue weighted by Crippen LogP contribution is -2.21. The second-order valence-electron chi connectivity index (χ2n) is 5.93. The number of ether oxygens (including phenoxy) is 1. The van der Waals surface area contributed by atoms with Gasteiger partial charge in [0.15, 0.2) is 0 Å². The number of hydrogen-bond donors (Lipinski definition) is 0. The van der Waals surface area contributed by atoms with Gasteiger partial charge in [-0.15, -0.1) is 0 Å². The maximum atomic E-state index is 12.1. The Bertz CT molecular complexity index is 278. The predicted molar refractivity (Wildman–Crippen MR) is 82.9 cm³/mol. The number of rotatable bonds is 14. The fourth-order valence-corrected chi connectivity index (χ4v) is 2.48. The van der Waals surface area contributed by atoms with Gasteiger partial charge in [-0.3, -0.25) is 4.79 Å². The molecule has 0 aromatic rings. The first-order chi connectivity index (χ1) is 10.4. The molecule has 0 rings (SSSR count). The van der Waals surface area contributed by atoms with Gasteiger partial charge in [0.25, 0.3) is 0 Å². The molecule has 0 aliphatic rings. The SMILES string of the molecule is CCCCCCCC(CCCC)C(=O)CCOCC(F)(F)F. The minimum absolute atomic E-state index is 0.00365. The minimum atomic E-state index is -4.32. The molecular weight excluding hydrogens is 293 g/mol. The van der Waals surface area contributed by atoms with Gasteiger partial charge in [-0.25, -0.2) is 0 Å². The van der Waals surface area contributed by atoms with Crippen molar-refractivity contribution in [2.75, 3.05) is 13.2 Å². The molecule has 1 atom stereocenters. The van der Waals surface area contributed by atoms with E-state index in [1.54, 1.807) is 0 Å². The summed E-state index contributed by atoms with van der Waals surface area (Å²) in [4.78, 5) is 12.1. The van der Waals surface area contributed by atoms with Crippen molar-refractivity contribution in [2.24, 2.45) is 5.92 Å². The molecule has 0 saturated carbocycles. The lowest BCUT2D eigenvalue weighted by atomic mass is 9.90. The monoisotopic (exact) mass is 324 g/mol. The topological polar surface area (TPSA) is 26.3 Å². The highest BCUT2D eigenvalue weighted by Crippen LogP contribution is 2.20. The van der Waals surface area contributed by atoms with Crippen molar-refractivity contribution in [2.45, 2.75) is 84.2 Å². The van der Waals surface area contributed by atoms with Crippen LogP contribution in [0.3, 0.4) is 0 Å². The summed E-state index contributed by atoms with van der Waals surface area (Å²) in [6.45, 7) is 2.84. The third-order valence-electron chi connectivity index (χ3n) is 3.78. The van der Waals surface area contributed by atoms with Crippen LogP contribution in [0.4, 0.5) is 13.2 Å². The van der Waals surface area contributed by atoms with E-state index in [0.29, 0.717) is 0 Å². The summed E-state index contributed by atoms with van der Waals surface area (Å²) in [6, 6.07) is 0. The molecule has 0 aliphatic heterocycles. The van der Waals surface area contributed by atoms with E-state index < -0.39 is 12.8 Å². The number of halogens is 3. The Labute approximate surface area is 132 Å². The van der Waals surface area contributed by atoms with Crippen LogP contribution in [0.1, 0.15) is 78.1 Å². The van der Waals surface area contributed by atoms with Crippen LogP contribution in [0.15, 0.2) is 0 Å². The molecule has 0 bridgehead atoms. The van der Waals surface area contributed by atoms with Crippen molar-refractivity contribution in [3.63, 3.8) is 0 Å². The van der Waals surface area contributed by atoms with Crippen LogP contribution >= 0.6 is 0 Å². The summed E-state index contributed by atoms with van der Waals surface area (Å²) in [5.41, 5.74) is 0. The average Bonchev–Trinajstić information content (AvgIpc) is 2.45. The molecule has 22 heavy (non-hydrogen) atoms. The average molecular weight is 324 g/mol. The van der Waals surface area contributed by atoms with Crippen molar-refractivity contribution in [3.05, 3.63) is 0 Å². The molecule has 0 aliphatic carbocycles. The van der Waals surface area contributed by atoms with Gasteiger partial charge in [0.1, 0.15) is 12.4 Å².